The topological polar surface area (TPSA) is 38.3 Å². The van der Waals surface area contributed by atoms with Crippen LogP contribution < -0.4 is 4.90 Å². The number of nitrogens with zero attached hydrogens (tertiary/aromatic N) is 5. The highest BCUT2D eigenvalue weighted by Crippen LogP contribution is 2.41. The molecule has 300 valence electrons. The van der Waals surface area contributed by atoms with Crippen LogP contribution in [0.5, 0.6) is 0 Å². The van der Waals surface area contributed by atoms with Gasteiger partial charge >= 0.3 is 0 Å². The van der Waals surface area contributed by atoms with Crippen LogP contribution in [-0.2, 0) is 0 Å². The first-order valence-corrected chi connectivity index (χ1v) is 21.3. The van der Waals surface area contributed by atoms with E-state index >= 15 is 0 Å². The van der Waals surface area contributed by atoms with E-state index in [1.54, 1.807) is 0 Å². The maximum Gasteiger partial charge on any atom is 0.195 e. The summed E-state index contributed by atoms with van der Waals surface area (Å²) in [6.45, 7) is 8.22. The minimum atomic E-state index is 0.607. The zero-order valence-electron chi connectivity index (χ0n) is 34.8. The molecule has 0 saturated heterocycles. The summed E-state index contributed by atoms with van der Waals surface area (Å²) in [5, 5.41) is 2.37. The van der Waals surface area contributed by atoms with Crippen LogP contribution in [0, 0.1) is 6.57 Å². The molecule has 0 aliphatic carbocycles. The van der Waals surface area contributed by atoms with Crippen LogP contribution in [0.3, 0.4) is 0 Å². The zero-order valence-corrected chi connectivity index (χ0v) is 34.8. The molecular weight excluding hydrogens is 779 g/mol. The molecule has 0 unspecified atom stereocenters. The molecule has 0 amide bonds. The summed E-state index contributed by atoms with van der Waals surface area (Å²) in [7, 11) is 0. The van der Waals surface area contributed by atoms with Crippen molar-refractivity contribution in [2.75, 3.05) is 4.90 Å². The Kier molecular flexibility index (Phi) is 9.85. The molecule has 5 nitrogen and oxygen atoms in total. The number of benzene rings is 9. The average molecular weight is 818 g/mol. The summed E-state index contributed by atoms with van der Waals surface area (Å²) < 4.78 is 2.34. The Morgan fingerprint density at radius 3 is 1.53 bits per heavy atom. The number of rotatable bonds is 9. The summed E-state index contributed by atoms with van der Waals surface area (Å²) in [5.74, 6) is 0.685. The molecular formula is C59H39N5. The Morgan fingerprint density at radius 2 is 0.891 bits per heavy atom. The third-order valence-electron chi connectivity index (χ3n) is 11.8. The molecule has 11 rings (SSSR count). The van der Waals surface area contributed by atoms with Gasteiger partial charge in [-0.15, -0.1) is 0 Å². The van der Waals surface area contributed by atoms with Gasteiger partial charge in [0.25, 0.3) is 0 Å². The Bertz CT molecular complexity index is 3370. The van der Waals surface area contributed by atoms with Gasteiger partial charge in [-0.05, 0) is 95.1 Å². The monoisotopic (exact) mass is 817 g/mol. The van der Waals surface area contributed by atoms with E-state index in [4.69, 9.17) is 16.5 Å². The lowest BCUT2D eigenvalue weighted by Gasteiger charge is -2.25. The molecule has 0 atom stereocenters. The Labute approximate surface area is 372 Å². The highest BCUT2D eigenvalue weighted by atomic mass is 15.1. The second kappa shape index (κ2) is 16.5. The summed E-state index contributed by atoms with van der Waals surface area (Å²) in [6, 6.07) is 81.9. The van der Waals surface area contributed by atoms with Gasteiger partial charge in [-0.2, -0.15) is 0 Å². The number of anilines is 3. The number of aromatic nitrogens is 3. The predicted octanol–water partition coefficient (Wildman–Crippen LogP) is 15.9. The van der Waals surface area contributed by atoms with Gasteiger partial charge in [0.1, 0.15) is 0 Å². The molecule has 11 aromatic rings. The molecule has 0 spiro atoms. The lowest BCUT2D eigenvalue weighted by molar-refractivity contribution is 1.18. The second-order valence-electron chi connectivity index (χ2n) is 15.7. The molecule has 0 bridgehead atoms. The van der Waals surface area contributed by atoms with Gasteiger partial charge in [0.2, 0.25) is 0 Å². The molecule has 0 aliphatic rings. The lowest BCUT2D eigenvalue weighted by atomic mass is 9.97. The van der Waals surface area contributed by atoms with Crippen LogP contribution in [0.2, 0.25) is 0 Å². The van der Waals surface area contributed by atoms with Crippen molar-refractivity contribution in [3.63, 3.8) is 0 Å². The maximum absolute atomic E-state index is 8.22. The predicted molar refractivity (Wildman–Crippen MR) is 264 cm³/mol. The first kappa shape index (κ1) is 38.1. The van der Waals surface area contributed by atoms with Gasteiger partial charge in [-0.3, -0.25) is 0 Å². The molecule has 0 radical (unpaired) electrons. The van der Waals surface area contributed by atoms with Gasteiger partial charge in [0.15, 0.2) is 11.5 Å². The average Bonchev–Trinajstić information content (AvgIpc) is 3.71. The van der Waals surface area contributed by atoms with E-state index in [2.05, 4.69) is 196 Å². The SMILES string of the molecule is [C-]#[N+]c1cc(-c2ccc(-c3cc(-c4ccccc4)nc(-c4ccccc4)n3)cc2)ccc1-c1ccc(-n2c3ccccc3c3cc(N(c4ccccc4)c4ccccc4)ccc32)cc1. The standard InChI is InChI=1S/C59H39N5/c1-60-56-38-46(41-26-28-44(29-27-41)55-40-54(43-16-6-2-7-17-43)61-59(62-55)45-18-8-3-9-19-45)32-36-51(56)42-30-33-49(34-31-42)64-57-25-15-14-24-52(57)53-39-50(35-37-58(53)64)63(47-20-10-4-11-21-47)48-22-12-5-13-23-48/h2-40H. The maximum atomic E-state index is 8.22. The third kappa shape index (κ3) is 7.15. The molecule has 5 heteroatoms. The van der Waals surface area contributed by atoms with Crippen molar-refractivity contribution in [2.45, 2.75) is 0 Å². The lowest BCUT2D eigenvalue weighted by Crippen LogP contribution is -2.09. The molecule has 0 aliphatic heterocycles. The van der Waals surface area contributed by atoms with Crippen molar-refractivity contribution in [2.24, 2.45) is 0 Å². The molecule has 2 aromatic heterocycles. The molecule has 0 fully saturated rings. The van der Waals surface area contributed by atoms with E-state index < -0.39 is 0 Å². The quantitative estimate of drug-likeness (QED) is 0.136. The van der Waals surface area contributed by atoms with Gasteiger partial charge in [-0.1, -0.05) is 164 Å². The smallest absolute Gasteiger partial charge is 0.195 e. The zero-order chi connectivity index (χ0) is 42.8. The number of fused-ring (bicyclic) bond motifs is 3. The summed E-state index contributed by atoms with van der Waals surface area (Å²) in [4.78, 5) is 16.3. The molecule has 9 aromatic carbocycles. The van der Waals surface area contributed by atoms with Crippen LogP contribution in [0.1, 0.15) is 0 Å². The first-order chi connectivity index (χ1) is 31.7. The van der Waals surface area contributed by atoms with E-state index in [-0.39, 0.29) is 0 Å². The number of hydrogen-bond donors (Lipinski definition) is 0. The van der Waals surface area contributed by atoms with E-state index in [0.29, 0.717) is 11.5 Å². The van der Waals surface area contributed by atoms with E-state index in [1.807, 2.05) is 54.6 Å². The molecule has 2 heterocycles. The van der Waals surface area contributed by atoms with Crippen LogP contribution in [0.15, 0.2) is 237 Å². The van der Waals surface area contributed by atoms with Gasteiger partial charge in [0, 0.05) is 50.2 Å². The van der Waals surface area contributed by atoms with Crippen LogP contribution in [0.4, 0.5) is 22.7 Å². The molecule has 0 saturated carbocycles. The third-order valence-corrected chi connectivity index (χ3v) is 11.8. The summed E-state index contributed by atoms with van der Waals surface area (Å²) in [5.41, 5.74) is 15.9. The highest BCUT2D eigenvalue weighted by Gasteiger charge is 2.18. The van der Waals surface area contributed by atoms with Crippen molar-refractivity contribution in [1.82, 2.24) is 14.5 Å². The minimum absolute atomic E-state index is 0.607. The first-order valence-electron chi connectivity index (χ1n) is 21.3. The van der Waals surface area contributed by atoms with Gasteiger partial charge in [-0.25, -0.2) is 14.8 Å². The van der Waals surface area contributed by atoms with Crippen molar-refractivity contribution in [3.05, 3.63) is 248 Å². The second-order valence-corrected chi connectivity index (χ2v) is 15.7. The van der Waals surface area contributed by atoms with E-state index in [0.717, 1.165) is 84.1 Å². The minimum Gasteiger partial charge on any atom is -0.310 e. The number of para-hydroxylation sites is 3. The van der Waals surface area contributed by atoms with E-state index in [1.165, 1.54) is 10.8 Å². The van der Waals surface area contributed by atoms with Crippen LogP contribution in [-0.4, -0.2) is 14.5 Å². The molecule has 64 heavy (non-hydrogen) atoms. The fourth-order valence-corrected chi connectivity index (χ4v) is 8.72. The largest absolute Gasteiger partial charge is 0.310 e. The highest BCUT2D eigenvalue weighted by molar-refractivity contribution is 6.10. The number of hydrogen-bond acceptors (Lipinski definition) is 3. The normalized spacial score (nSPS) is 11.1. The van der Waals surface area contributed by atoms with Crippen LogP contribution in [0.25, 0.3) is 88.5 Å². The summed E-state index contributed by atoms with van der Waals surface area (Å²) in [6.07, 6.45) is 0. The fourth-order valence-electron chi connectivity index (χ4n) is 8.72. The van der Waals surface area contributed by atoms with E-state index in [9.17, 15) is 0 Å². The fraction of sp³-hybridized carbons (Fsp3) is 0. The van der Waals surface area contributed by atoms with Crippen molar-refractivity contribution in [3.8, 4) is 61.8 Å². The van der Waals surface area contributed by atoms with Crippen molar-refractivity contribution >= 4 is 44.6 Å². The van der Waals surface area contributed by atoms with Gasteiger partial charge in [0.05, 0.1) is 29.0 Å². The van der Waals surface area contributed by atoms with Crippen molar-refractivity contribution in [1.29, 1.82) is 0 Å². The van der Waals surface area contributed by atoms with Crippen LogP contribution >= 0.6 is 0 Å². The Balaban J connectivity index is 0.901. The Hall–Kier alpha value is -8.85. The van der Waals surface area contributed by atoms with Crippen molar-refractivity contribution < 1.29 is 0 Å². The van der Waals surface area contributed by atoms with Gasteiger partial charge < -0.3 is 9.47 Å². The summed E-state index contributed by atoms with van der Waals surface area (Å²) >= 11 is 0. The molecule has 0 N–H and O–H groups in total. The Morgan fingerprint density at radius 1 is 0.375 bits per heavy atom.